The van der Waals surface area contributed by atoms with Crippen LogP contribution in [0.1, 0.15) is 33.4 Å². The van der Waals surface area contributed by atoms with Gasteiger partial charge in [-0.2, -0.15) is 0 Å². The Morgan fingerprint density at radius 1 is 1.32 bits per heavy atom. The molecule has 0 saturated carbocycles. The predicted octanol–water partition coefficient (Wildman–Crippen LogP) is 3.27. The number of benzene rings is 2. The highest BCUT2D eigenvalue weighted by atomic mass is 35.5. The summed E-state index contributed by atoms with van der Waals surface area (Å²) in [6.07, 6.45) is -0.759. The zero-order chi connectivity index (χ0) is 20.2. The van der Waals surface area contributed by atoms with Gasteiger partial charge in [0.2, 0.25) is 0 Å². The zero-order valence-electron chi connectivity index (χ0n) is 16.2. The number of hydrogen-bond acceptors (Lipinski definition) is 4. The van der Waals surface area contributed by atoms with E-state index in [9.17, 15) is 9.90 Å². The van der Waals surface area contributed by atoms with E-state index < -0.39 is 12.2 Å². The number of carbonyl (C=O) groups is 1. The molecule has 0 bridgehead atoms. The minimum Gasteiger partial charge on any atom is -0.481 e. The molecule has 0 spiro atoms. The average molecular weight is 400 g/mol. The maximum Gasteiger partial charge on any atom is 0.253 e. The van der Waals surface area contributed by atoms with Crippen LogP contribution >= 0.6 is 11.6 Å². The van der Waals surface area contributed by atoms with Gasteiger partial charge in [0, 0.05) is 38.1 Å². The molecule has 1 heterocycles. The van der Waals surface area contributed by atoms with Gasteiger partial charge in [-0.1, -0.05) is 17.7 Å². The smallest absolute Gasteiger partial charge is 0.253 e. The van der Waals surface area contributed by atoms with Crippen molar-refractivity contribution in [2.45, 2.75) is 25.6 Å². The number of aliphatic hydroxyl groups is 1. The van der Waals surface area contributed by atoms with Gasteiger partial charge >= 0.3 is 0 Å². The molecule has 146 valence electrons. The van der Waals surface area contributed by atoms with Crippen LogP contribution in [0.4, 0.5) is 0 Å². The molecule has 1 aromatic heterocycles. The molecule has 0 unspecified atom stereocenters. The number of carbonyl (C=O) groups excluding carboxylic acids is 1. The highest BCUT2D eigenvalue weighted by molar-refractivity contribution is 6.30. The number of amides is 1. The second kappa shape index (κ2) is 6.79. The number of ether oxygens (including phenoxy) is 1. The molecule has 0 radical (unpaired) electrons. The fraction of sp³-hybridized carbons (Fsp3) is 0.333. The Balaban J connectivity index is 1.82. The molecule has 0 fully saturated rings. The standard InChI is InChI=1S/C21H22ClN3O3/c1-11-23-19-16(25(11)4)8-13(21(27)24(2)3)10-18(19)28-20-15-6-5-14(22)7-12(15)9-17(20)26/h5-8,10,17,20,26H,9H2,1-4H3/t17-,20-/m1/s1. The summed E-state index contributed by atoms with van der Waals surface area (Å²) in [5.74, 6) is 1.18. The Hall–Kier alpha value is -2.57. The minimum atomic E-state index is -0.693. The summed E-state index contributed by atoms with van der Waals surface area (Å²) in [6.45, 7) is 1.90. The number of imidazole rings is 1. The van der Waals surface area contributed by atoms with Crippen LogP contribution in [-0.2, 0) is 13.5 Å². The second-order valence-corrected chi connectivity index (χ2v) is 7.85. The Morgan fingerprint density at radius 2 is 2.07 bits per heavy atom. The molecule has 3 aromatic rings. The molecular weight excluding hydrogens is 378 g/mol. The number of halogens is 1. The maximum atomic E-state index is 12.6. The van der Waals surface area contributed by atoms with Crippen LogP contribution in [0, 0.1) is 6.92 Å². The Bertz CT molecular complexity index is 1090. The van der Waals surface area contributed by atoms with Crippen LogP contribution in [0.3, 0.4) is 0 Å². The monoisotopic (exact) mass is 399 g/mol. The molecule has 0 aliphatic heterocycles. The highest BCUT2D eigenvalue weighted by Gasteiger charge is 2.34. The molecule has 1 amide bonds. The van der Waals surface area contributed by atoms with Crippen molar-refractivity contribution >= 4 is 28.5 Å². The summed E-state index contributed by atoms with van der Waals surface area (Å²) in [5.41, 5.74) is 3.87. The van der Waals surface area contributed by atoms with Crippen molar-refractivity contribution in [1.82, 2.24) is 14.5 Å². The van der Waals surface area contributed by atoms with Crippen molar-refractivity contribution in [3.8, 4) is 5.75 Å². The summed E-state index contributed by atoms with van der Waals surface area (Å²) in [7, 11) is 5.32. The molecule has 4 rings (SSSR count). The van der Waals surface area contributed by atoms with Crippen molar-refractivity contribution in [3.05, 3.63) is 57.9 Å². The van der Waals surface area contributed by atoms with Crippen LogP contribution in [0.2, 0.25) is 5.02 Å². The quantitative estimate of drug-likeness (QED) is 0.734. The summed E-state index contributed by atoms with van der Waals surface area (Å²) in [4.78, 5) is 18.7. The van der Waals surface area contributed by atoms with Crippen LogP contribution in [-0.4, -0.2) is 45.7 Å². The van der Waals surface area contributed by atoms with E-state index in [1.54, 1.807) is 26.2 Å². The molecule has 0 saturated heterocycles. The Labute approximate surface area is 168 Å². The van der Waals surface area contributed by atoms with Gasteiger partial charge in [-0.3, -0.25) is 4.79 Å². The Kier molecular flexibility index (Phi) is 4.56. The number of hydrogen-bond donors (Lipinski definition) is 1. The second-order valence-electron chi connectivity index (χ2n) is 7.41. The number of fused-ring (bicyclic) bond motifs is 2. The van der Waals surface area contributed by atoms with Gasteiger partial charge in [-0.05, 0) is 42.3 Å². The van der Waals surface area contributed by atoms with E-state index >= 15 is 0 Å². The van der Waals surface area contributed by atoms with Crippen molar-refractivity contribution in [3.63, 3.8) is 0 Å². The molecule has 6 nitrogen and oxygen atoms in total. The lowest BCUT2D eigenvalue weighted by atomic mass is 10.1. The van der Waals surface area contributed by atoms with Gasteiger partial charge in [0.15, 0.2) is 6.10 Å². The summed E-state index contributed by atoms with van der Waals surface area (Å²) >= 11 is 6.09. The van der Waals surface area contributed by atoms with Crippen molar-refractivity contribution in [1.29, 1.82) is 0 Å². The fourth-order valence-corrected chi connectivity index (χ4v) is 3.89. The normalized spacial score (nSPS) is 18.4. The fourth-order valence-electron chi connectivity index (χ4n) is 3.69. The first-order valence-corrected chi connectivity index (χ1v) is 9.46. The third-order valence-corrected chi connectivity index (χ3v) is 5.51. The van der Waals surface area contributed by atoms with E-state index in [1.807, 2.05) is 36.7 Å². The number of nitrogens with zero attached hydrogens (tertiary/aromatic N) is 3. The van der Waals surface area contributed by atoms with E-state index in [-0.39, 0.29) is 5.91 Å². The first-order chi connectivity index (χ1) is 13.3. The maximum absolute atomic E-state index is 12.6. The number of rotatable bonds is 3. The third kappa shape index (κ3) is 3.02. The molecular formula is C21H22ClN3O3. The van der Waals surface area contributed by atoms with Crippen LogP contribution in [0.5, 0.6) is 5.75 Å². The van der Waals surface area contributed by atoms with Gasteiger partial charge in [0.05, 0.1) is 11.6 Å². The topological polar surface area (TPSA) is 67.6 Å². The van der Waals surface area contributed by atoms with Crippen molar-refractivity contribution in [2.24, 2.45) is 7.05 Å². The summed E-state index contributed by atoms with van der Waals surface area (Å²) < 4.78 is 8.19. The molecule has 1 aliphatic carbocycles. The number of aliphatic hydroxyl groups excluding tert-OH is 1. The molecule has 2 aromatic carbocycles. The zero-order valence-corrected chi connectivity index (χ0v) is 17.0. The highest BCUT2D eigenvalue weighted by Crippen LogP contribution is 2.39. The van der Waals surface area contributed by atoms with Gasteiger partial charge in [-0.25, -0.2) is 4.98 Å². The number of aromatic nitrogens is 2. The van der Waals surface area contributed by atoms with Gasteiger partial charge < -0.3 is 19.3 Å². The average Bonchev–Trinajstić information content (AvgIpc) is 3.10. The van der Waals surface area contributed by atoms with Crippen molar-refractivity contribution in [2.75, 3.05) is 14.1 Å². The van der Waals surface area contributed by atoms with Gasteiger partial charge in [0.25, 0.3) is 5.91 Å². The van der Waals surface area contributed by atoms with Crippen LogP contribution in [0.15, 0.2) is 30.3 Å². The lowest BCUT2D eigenvalue weighted by molar-refractivity contribution is 0.0503. The molecule has 1 aliphatic rings. The minimum absolute atomic E-state index is 0.121. The van der Waals surface area contributed by atoms with E-state index in [1.165, 1.54) is 4.90 Å². The van der Waals surface area contributed by atoms with E-state index in [2.05, 4.69) is 4.98 Å². The van der Waals surface area contributed by atoms with E-state index in [0.717, 1.165) is 22.5 Å². The van der Waals surface area contributed by atoms with E-state index in [0.29, 0.717) is 28.3 Å². The van der Waals surface area contributed by atoms with E-state index in [4.69, 9.17) is 16.3 Å². The lowest BCUT2D eigenvalue weighted by Gasteiger charge is -2.20. The van der Waals surface area contributed by atoms with Crippen molar-refractivity contribution < 1.29 is 14.6 Å². The Morgan fingerprint density at radius 3 is 2.79 bits per heavy atom. The predicted molar refractivity (Wildman–Crippen MR) is 108 cm³/mol. The first kappa shape index (κ1) is 18.8. The largest absolute Gasteiger partial charge is 0.481 e. The molecule has 28 heavy (non-hydrogen) atoms. The summed E-state index contributed by atoms with van der Waals surface area (Å²) in [6, 6.07) is 9.06. The number of aryl methyl sites for hydroxylation is 2. The van der Waals surface area contributed by atoms with Gasteiger partial charge in [-0.15, -0.1) is 0 Å². The third-order valence-electron chi connectivity index (χ3n) is 5.27. The lowest BCUT2D eigenvalue weighted by Crippen LogP contribution is -2.22. The van der Waals surface area contributed by atoms with Crippen LogP contribution < -0.4 is 4.74 Å². The molecule has 7 heteroatoms. The summed E-state index contributed by atoms with van der Waals surface area (Å²) in [5, 5.41) is 11.2. The SMILES string of the molecule is Cc1nc2c(O[C@@H]3c4ccc(Cl)cc4C[C@H]3O)cc(C(=O)N(C)C)cc2n1C. The molecule has 1 N–H and O–H groups in total. The first-order valence-electron chi connectivity index (χ1n) is 9.08. The molecule has 2 atom stereocenters. The van der Waals surface area contributed by atoms with Crippen LogP contribution in [0.25, 0.3) is 11.0 Å². The van der Waals surface area contributed by atoms with Gasteiger partial charge in [0.1, 0.15) is 17.1 Å².